The van der Waals surface area contributed by atoms with Crippen LogP contribution < -0.4 is 21.3 Å². The molecule has 0 aliphatic heterocycles. The number of rotatable bonds is 5. The Kier molecular flexibility index (Phi) is 6.79. The van der Waals surface area contributed by atoms with Gasteiger partial charge in [-0.3, -0.25) is 9.48 Å². The van der Waals surface area contributed by atoms with E-state index >= 15 is 0 Å². The number of hydrogen-bond acceptors (Lipinski definition) is 7. The van der Waals surface area contributed by atoms with Crippen molar-refractivity contribution in [2.75, 3.05) is 5.73 Å². The van der Waals surface area contributed by atoms with Crippen LogP contribution in [-0.2, 0) is 4.74 Å². The van der Waals surface area contributed by atoms with Crippen LogP contribution in [0, 0.1) is 0 Å². The topological polar surface area (TPSA) is 137 Å². The molecule has 4 N–H and O–H groups in total. The molecule has 1 aliphatic rings. The number of fused-ring (bicyclic) bond motifs is 1. The Morgan fingerprint density at radius 2 is 1.68 bits per heavy atom. The number of nitrogens with one attached hydrogen (secondary N) is 2. The Morgan fingerprint density at radius 1 is 1.03 bits per heavy atom. The molecule has 2 heterocycles. The van der Waals surface area contributed by atoms with Crippen LogP contribution in [0.2, 0.25) is 0 Å². The second-order valence-corrected chi connectivity index (χ2v) is 10.5. The normalized spacial score (nSPS) is 17.8. The second-order valence-electron chi connectivity index (χ2n) is 10.5. The maximum atomic E-state index is 12.9. The molecular formula is C28H32N6O4. The summed E-state index contributed by atoms with van der Waals surface area (Å²) in [5, 5.41) is 14.9. The lowest BCUT2D eigenvalue weighted by Gasteiger charge is -2.30. The number of hydrogen-bond donors (Lipinski definition) is 3. The van der Waals surface area contributed by atoms with Gasteiger partial charge in [-0.2, -0.15) is 10.2 Å². The van der Waals surface area contributed by atoms with Crippen LogP contribution in [0.25, 0.3) is 22.2 Å². The fourth-order valence-electron chi connectivity index (χ4n) is 4.83. The maximum absolute atomic E-state index is 12.9. The van der Waals surface area contributed by atoms with Crippen molar-refractivity contribution in [1.82, 2.24) is 25.3 Å². The number of aromatic amines is 1. The minimum atomic E-state index is -0.549. The molecule has 198 valence electrons. The van der Waals surface area contributed by atoms with E-state index in [0.717, 1.165) is 37.0 Å². The van der Waals surface area contributed by atoms with Crippen molar-refractivity contribution in [3.8, 4) is 22.8 Å². The van der Waals surface area contributed by atoms with E-state index < -0.39 is 11.7 Å². The number of alkyl carbamates (subject to hydrolysis) is 1. The third kappa shape index (κ3) is 5.49. The molecule has 38 heavy (non-hydrogen) atoms. The highest BCUT2D eigenvalue weighted by molar-refractivity contribution is 5.99. The predicted octanol–water partition coefficient (Wildman–Crippen LogP) is 5.17. The maximum Gasteiger partial charge on any atom is 0.407 e. The van der Waals surface area contributed by atoms with Gasteiger partial charge in [0.25, 0.3) is 5.56 Å². The second kappa shape index (κ2) is 10.2. The largest absolute Gasteiger partial charge is 0.457 e. The number of amides is 1. The first-order valence-electron chi connectivity index (χ1n) is 12.8. The number of para-hydroxylation sites is 1. The number of H-pyrrole nitrogens is 1. The van der Waals surface area contributed by atoms with E-state index in [1.54, 1.807) is 4.68 Å². The van der Waals surface area contributed by atoms with Crippen molar-refractivity contribution in [3.63, 3.8) is 0 Å². The van der Waals surface area contributed by atoms with E-state index in [0.29, 0.717) is 22.3 Å². The lowest BCUT2D eigenvalue weighted by Crippen LogP contribution is -2.41. The van der Waals surface area contributed by atoms with Gasteiger partial charge in [-0.15, -0.1) is 0 Å². The van der Waals surface area contributed by atoms with Gasteiger partial charge in [-0.05, 0) is 82.9 Å². The van der Waals surface area contributed by atoms with Crippen molar-refractivity contribution in [3.05, 3.63) is 65.0 Å². The minimum absolute atomic E-state index is 0.00424. The third-order valence-electron chi connectivity index (χ3n) is 6.53. The zero-order valence-corrected chi connectivity index (χ0v) is 21.7. The van der Waals surface area contributed by atoms with Gasteiger partial charge >= 0.3 is 6.09 Å². The van der Waals surface area contributed by atoms with Gasteiger partial charge in [0.15, 0.2) is 5.82 Å². The number of carbonyl (C=O) groups excluding carboxylic acids is 1. The lowest BCUT2D eigenvalue weighted by atomic mass is 9.91. The van der Waals surface area contributed by atoms with Gasteiger partial charge in [0, 0.05) is 11.6 Å². The average molecular weight is 517 g/mol. The van der Waals surface area contributed by atoms with Gasteiger partial charge in [-0.1, -0.05) is 18.2 Å². The van der Waals surface area contributed by atoms with Gasteiger partial charge in [0.05, 0.1) is 11.4 Å². The molecule has 2 aromatic heterocycles. The van der Waals surface area contributed by atoms with Crippen molar-refractivity contribution in [2.24, 2.45) is 0 Å². The first-order valence-corrected chi connectivity index (χ1v) is 12.8. The Hall–Kier alpha value is -4.34. The number of nitrogens with zero attached hydrogens (tertiary/aromatic N) is 3. The van der Waals surface area contributed by atoms with Crippen LogP contribution in [-0.4, -0.2) is 37.7 Å². The van der Waals surface area contributed by atoms with E-state index in [-0.39, 0.29) is 23.5 Å². The molecule has 1 saturated carbocycles. The van der Waals surface area contributed by atoms with Crippen molar-refractivity contribution in [2.45, 2.75) is 64.1 Å². The summed E-state index contributed by atoms with van der Waals surface area (Å²) < 4.78 is 13.1. The highest BCUT2D eigenvalue weighted by atomic mass is 16.6. The van der Waals surface area contributed by atoms with Crippen molar-refractivity contribution >= 4 is 22.8 Å². The summed E-state index contributed by atoms with van der Waals surface area (Å²) in [5.74, 6) is 1.64. The average Bonchev–Trinajstić information content (AvgIpc) is 3.29. The SMILES string of the molecule is CC(C)(C)OC(=O)NC1CCC(n2nc(-c3ccc(Oc4ccccc4)cc3)c3c(N)n[nH]c(=O)c32)CC1. The highest BCUT2D eigenvalue weighted by Crippen LogP contribution is 2.36. The van der Waals surface area contributed by atoms with Gasteiger partial charge in [0.1, 0.15) is 28.3 Å². The highest BCUT2D eigenvalue weighted by Gasteiger charge is 2.29. The Labute approximate surface area is 220 Å². The molecule has 2 aromatic carbocycles. The number of ether oxygens (including phenoxy) is 2. The zero-order chi connectivity index (χ0) is 26.9. The molecule has 10 heteroatoms. The number of carbonyl (C=O) groups is 1. The summed E-state index contributed by atoms with van der Waals surface area (Å²) in [4.78, 5) is 25.1. The molecule has 1 aliphatic carbocycles. The zero-order valence-electron chi connectivity index (χ0n) is 21.7. The molecule has 0 radical (unpaired) electrons. The first kappa shape index (κ1) is 25.3. The monoisotopic (exact) mass is 516 g/mol. The Balaban J connectivity index is 1.39. The Bertz CT molecular complexity index is 1480. The van der Waals surface area contributed by atoms with Crippen LogP contribution in [0.3, 0.4) is 0 Å². The standard InChI is InChI=1S/C28H32N6O4/c1-28(2,3)38-27(36)30-18-11-13-19(14-12-18)34-24-22(25(29)31-32-26(24)35)23(33-34)17-9-15-21(16-10-17)37-20-7-5-4-6-8-20/h4-10,15-16,18-19H,11-14H2,1-3H3,(H2,29,31)(H,30,36)(H,32,35). The molecule has 1 amide bonds. The summed E-state index contributed by atoms with van der Waals surface area (Å²) in [6.07, 6.45) is 2.54. The van der Waals surface area contributed by atoms with Crippen LogP contribution >= 0.6 is 0 Å². The molecule has 1 fully saturated rings. The number of anilines is 1. The lowest BCUT2D eigenvalue weighted by molar-refractivity contribution is 0.0487. The molecule has 5 rings (SSSR count). The van der Waals surface area contributed by atoms with E-state index in [1.807, 2.05) is 75.4 Å². The molecule has 4 aromatic rings. The number of nitrogen functional groups attached to an aromatic ring is 1. The van der Waals surface area contributed by atoms with Crippen LogP contribution in [0.4, 0.5) is 10.6 Å². The molecular weight excluding hydrogens is 484 g/mol. The van der Waals surface area contributed by atoms with E-state index in [9.17, 15) is 9.59 Å². The van der Waals surface area contributed by atoms with Gasteiger partial charge in [-0.25, -0.2) is 9.89 Å². The van der Waals surface area contributed by atoms with Crippen LogP contribution in [0.1, 0.15) is 52.5 Å². The predicted molar refractivity (Wildman–Crippen MR) is 145 cm³/mol. The third-order valence-corrected chi connectivity index (χ3v) is 6.53. The number of benzene rings is 2. The quantitative estimate of drug-likeness (QED) is 0.333. The van der Waals surface area contributed by atoms with E-state index in [2.05, 4.69) is 15.5 Å². The van der Waals surface area contributed by atoms with Crippen molar-refractivity contribution in [1.29, 1.82) is 0 Å². The molecule has 0 atom stereocenters. The fourth-order valence-corrected chi connectivity index (χ4v) is 4.83. The molecule has 0 spiro atoms. The fraction of sp³-hybridized carbons (Fsp3) is 0.357. The first-order chi connectivity index (χ1) is 18.2. The van der Waals surface area contributed by atoms with Crippen LogP contribution in [0.5, 0.6) is 11.5 Å². The number of aromatic nitrogens is 4. The summed E-state index contributed by atoms with van der Waals surface area (Å²) in [5.41, 5.74) is 7.15. The van der Waals surface area contributed by atoms with Gasteiger partial charge < -0.3 is 20.5 Å². The summed E-state index contributed by atoms with van der Waals surface area (Å²) in [6.45, 7) is 5.52. The Morgan fingerprint density at radius 3 is 2.34 bits per heavy atom. The van der Waals surface area contributed by atoms with E-state index in [4.69, 9.17) is 20.3 Å². The minimum Gasteiger partial charge on any atom is -0.457 e. The van der Waals surface area contributed by atoms with E-state index in [1.165, 1.54) is 0 Å². The number of nitrogens with two attached hydrogens (primary N) is 1. The van der Waals surface area contributed by atoms with Crippen molar-refractivity contribution < 1.29 is 14.3 Å². The molecule has 0 unspecified atom stereocenters. The molecule has 0 saturated heterocycles. The molecule has 0 bridgehead atoms. The molecule has 10 nitrogen and oxygen atoms in total. The van der Waals surface area contributed by atoms with Crippen LogP contribution in [0.15, 0.2) is 59.4 Å². The summed E-state index contributed by atoms with van der Waals surface area (Å²) in [6, 6.07) is 17.0. The summed E-state index contributed by atoms with van der Waals surface area (Å²) in [7, 11) is 0. The smallest absolute Gasteiger partial charge is 0.407 e. The van der Waals surface area contributed by atoms with Gasteiger partial charge in [0.2, 0.25) is 0 Å². The summed E-state index contributed by atoms with van der Waals surface area (Å²) >= 11 is 0.